The van der Waals surface area contributed by atoms with Gasteiger partial charge in [-0.1, -0.05) is 29.8 Å². The number of benzene rings is 1. The molecule has 0 spiro atoms. The zero-order valence-electron chi connectivity index (χ0n) is 10.9. The molecule has 3 nitrogen and oxygen atoms in total. The summed E-state index contributed by atoms with van der Waals surface area (Å²) < 4.78 is 4.86. The Morgan fingerprint density at radius 1 is 1.44 bits per heavy atom. The standard InChI is InChI=1S/C14H20ClNO2/c1-3-18-14(17)9-6-10-16-11(2)12-7-4-5-8-13(12)15/h4-5,7-8,11,16H,3,6,9-10H2,1-2H3. The van der Waals surface area contributed by atoms with Crippen LogP contribution in [0.3, 0.4) is 0 Å². The number of nitrogens with one attached hydrogen (secondary N) is 1. The number of hydrogen-bond donors (Lipinski definition) is 1. The highest BCUT2D eigenvalue weighted by Gasteiger charge is 2.08. The van der Waals surface area contributed by atoms with E-state index in [9.17, 15) is 4.79 Å². The zero-order chi connectivity index (χ0) is 13.4. The molecule has 1 unspecified atom stereocenters. The van der Waals surface area contributed by atoms with Gasteiger partial charge in [0, 0.05) is 17.5 Å². The Balaban J connectivity index is 2.28. The lowest BCUT2D eigenvalue weighted by Gasteiger charge is -2.15. The molecule has 18 heavy (non-hydrogen) atoms. The number of hydrogen-bond acceptors (Lipinski definition) is 3. The molecule has 0 amide bonds. The van der Waals surface area contributed by atoms with Crippen molar-refractivity contribution in [3.8, 4) is 0 Å². The normalized spacial score (nSPS) is 12.2. The fraction of sp³-hybridized carbons (Fsp3) is 0.500. The van der Waals surface area contributed by atoms with Gasteiger partial charge in [0.2, 0.25) is 0 Å². The van der Waals surface area contributed by atoms with Gasteiger partial charge in [0.1, 0.15) is 0 Å². The Hall–Kier alpha value is -1.06. The van der Waals surface area contributed by atoms with Gasteiger partial charge in [0.25, 0.3) is 0 Å². The summed E-state index contributed by atoms with van der Waals surface area (Å²) in [5.74, 6) is -0.135. The van der Waals surface area contributed by atoms with Gasteiger partial charge in [-0.3, -0.25) is 4.79 Å². The van der Waals surface area contributed by atoms with Crippen LogP contribution in [0.1, 0.15) is 38.3 Å². The van der Waals surface area contributed by atoms with Crippen LogP contribution >= 0.6 is 11.6 Å². The first kappa shape index (κ1) is 15.0. The molecule has 0 aliphatic heterocycles. The van der Waals surface area contributed by atoms with E-state index in [1.54, 1.807) is 0 Å². The van der Waals surface area contributed by atoms with E-state index in [0.29, 0.717) is 13.0 Å². The van der Waals surface area contributed by atoms with Crippen molar-refractivity contribution in [2.45, 2.75) is 32.7 Å². The number of halogens is 1. The fourth-order valence-electron chi connectivity index (χ4n) is 1.72. The minimum Gasteiger partial charge on any atom is -0.466 e. The van der Waals surface area contributed by atoms with Gasteiger partial charge in [-0.2, -0.15) is 0 Å². The minimum atomic E-state index is -0.135. The maximum absolute atomic E-state index is 11.1. The van der Waals surface area contributed by atoms with Gasteiger partial charge >= 0.3 is 5.97 Å². The molecule has 1 N–H and O–H groups in total. The molecule has 1 atom stereocenters. The van der Waals surface area contributed by atoms with Crippen LogP contribution in [0.5, 0.6) is 0 Å². The molecule has 0 aromatic heterocycles. The number of esters is 1. The first-order valence-corrected chi connectivity index (χ1v) is 6.66. The van der Waals surface area contributed by atoms with Crippen LogP contribution in [0.2, 0.25) is 5.02 Å². The minimum absolute atomic E-state index is 0.135. The summed E-state index contributed by atoms with van der Waals surface area (Å²) in [6, 6.07) is 7.96. The van der Waals surface area contributed by atoms with E-state index in [1.165, 1.54) is 0 Å². The molecule has 1 aromatic carbocycles. The van der Waals surface area contributed by atoms with Gasteiger partial charge in [-0.05, 0) is 38.4 Å². The molecule has 0 bridgehead atoms. The number of carbonyl (C=O) groups is 1. The highest BCUT2D eigenvalue weighted by atomic mass is 35.5. The lowest BCUT2D eigenvalue weighted by atomic mass is 10.1. The zero-order valence-corrected chi connectivity index (χ0v) is 11.7. The number of ether oxygens (including phenoxy) is 1. The van der Waals surface area contributed by atoms with E-state index < -0.39 is 0 Å². The molecule has 0 saturated carbocycles. The largest absolute Gasteiger partial charge is 0.466 e. The Morgan fingerprint density at radius 2 is 2.17 bits per heavy atom. The molecule has 0 radical (unpaired) electrons. The van der Waals surface area contributed by atoms with Crippen LogP contribution in [-0.2, 0) is 9.53 Å². The number of rotatable bonds is 7. The average Bonchev–Trinajstić information content (AvgIpc) is 2.35. The molecule has 1 rings (SSSR count). The molecule has 0 aliphatic rings. The van der Waals surface area contributed by atoms with E-state index in [0.717, 1.165) is 23.6 Å². The molecule has 4 heteroatoms. The molecule has 0 fully saturated rings. The summed E-state index contributed by atoms with van der Waals surface area (Å²) in [6.07, 6.45) is 1.23. The fourth-order valence-corrected chi connectivity index (χ4v) is 2.02. The van der Waals surface area contributed by atoms with Gasteiger partial charge in [0.05, 0.1) is 6.61 Å². The second-order valence-corrected chi connectivity index (χ2v) is 4.51. The predicted molar refractivity (Wildman–Crippen MR) is 73.7 cm³/mol. The van der Waals surface area contributed by atoms with Crippen LogP contribution in [0.25, 0.3) is 0 Å². The van der Waals surface area contributed by atoms with Crippen molar-refractivity contribution in [2.75, 3.05) is 13.2 Å². The second-order valence-electron chi connectivity index (χ2n) is 4.11. The van der Waals surface area contributed by atoms with Gasteiger partial charge in [0.15, 0.2) is 0 Å². The lowest BCUT2D eigenvalue weighted by Crippen LogP contribution is -2.21. The van der Waals surface area contributed by atoms with Crippen molar-refractivity contribution < 1.29 is 9.53 Å². The third-order valence-corrected chi connectivity index (χ3v) is 3.03. The van der Waals surface area contributed by atoms with Crippen LogP contribution in [-0.4, -0.2) is 19.1 Å². The van der Waals surface area contributed by atoms with E-state index >= 15 is 0 Å². The van der Waals surface area contributed by atoms with Crippen LogP contribution in [0.4, 0.5) is 0 Å². The Bertz CT molecular complexity index is 382. The third kappa shape index (κ3) is 5.07. The summed E-state index contributed by atoms with van der Waals surface area (Å²) in [5, 5.41) is 4.11. The molecular weight excluding hydrogens is 250 g/mol. The summed E-state index contributed by atoms with van der Waals surface area (Å²) in [4.78, 5) is 11.1. The van der Waals surface area contributed by atoms with Gasteiger partial charge < -0.3 is 10.1 Å². The number of carbonyl (C=O) groups excluding carboxylic acids is 1. The van der Waals surface area contributed by atoms with E-state index in [2.05, 4.69) is 12.2 Å². The Morgan fingerprint density at radius 3 is 2.83 bits per heavy atom. The molecule has 0 heterocycles. The summed E-state index contributed by atoms with van der Waals surface area (Å²) >= 11 is 6.11. The van der Waals surface area contributed by atoms with Crippen molar-refractivity contribution in [2.24, 2.45) is 0 Å². The molecule has 0 saturated heterocycles. The second kappa shape index (κ2) is 8.11. The lowest BCUT2D eigenvalue weighted by molar-refractivity contribution is -0.143. The van der Waals surface area contributed by atoms with E-state index in [1.807, 2.05) is 31.2 Å². The molecule has 1 aromatic rings. The summed E-state index contributed by atoms with van der Waals surface area (Å²) in [7, 11) is 0. The highest BCUT2D eigenvalue weighted by Crippen LogP contribution is 2.21. The maximum atomic E-state index is 11.1. The average molecular weight is 270 g/mol. The Labute approximate surface area is 113 Å². The van der Waals surface area contributed by atoms with Crippen molar-refractivity contribution >= 4 is 17.6 Å². The van der Waals surface area contributed by atoms with Crippen LogP contribution in [0.15, 0.2) is 24.3 Å². The molecular formula is C14H20ClNO2. The molecule has 0 aliphatic carbocycles. The smallest absolute Gasteiger partial charge is 0.305 e. The van der Waals surface area contributed by atoms with Gasteiger partial charge in [-0.15, -0.1) is 0 Å². The van der Waals surface area contributed by atoms with Crippen molar-refractivity contribution in [1.29, 1.82) is 0 Å². The predicted octanol–water partition coefficient (Wildman–Crippen LogP) is 3.33. The van der Waals surface area contributed by atoms with Crippen LogP contribution < -0.4 is 5.32 Å². The van der Waals surface area contributed by atoms with Crippen molar-refractivity contribution in [3.05, 3.63) is 34.9 Å². The summed E-state index contributed by atoms with van der Waals surface area (Å²) in [6.45, 7) is 5.09. The van der Waals surface area contributed by atoms with Crippen molar-refractivity contribution in [1.82, 2.24) is 5.32 Å². The monoisotopic (exact) mass is 269 g/mol. The Kier molecular flexibility index (Phi) is 6.76. The van der Waals surface area contributed by atoms with E-state index in [-0.39, 0.29) is 12.0 Å². The topological polar surface area (TPSA) is 38.3 Å². The van der Waals surface area contributed by atoms with Gasteiger partial charge in [-0.25, -0.2) is 0 Å². The highest BCUT2D eigenvalue weighted by molar-refractivity contribution is 6.31. The van der Waals surface area contributed by atoms with Crippen molar-refractivity contribution in [3.63, 3.8) is 0 Å². The quantitative estimate of drug-likeness (QED) is 0.609. The maximum Gasteiger partial charge on any atom is 0.305 e. The van der Waals surface area contributed by atoms with Crippen LogP contribution in [0, 0.1) is 0 Å². The third-order valence-electron chi connectivity index (χ3n) is 2.69. The first-order chi connectivity index (χ1) is 8.65. The van der Waals surface area contributed by atoms with E-state index in [4.69, 9.17) is 16.3 Å². The summed E-state index contributed by atoms with van der Waals surface area (Å²) in [5.41, 5.74) is 1.08. The molecule has 100 valence electrons. The first-order valence-electron chi connectivity index (χ1n) is 6.28. The SMILES string of the molecule is CCOC(=O)CCCNC(C)c1ccccc1Cl.